The minimum Gasteiger partial charge on any atom is -0.207 e. The van der Waals surface area contributed by atoms with E-state index in [1.807, 2.05) is 6.07 Å². The molecule has 2 saturated carbocycles. The van der Waals surface area contributed by atoms with Crippen molar-refractivity contribution < 1.29 is 4.39 Å². The van der Waals surface area contributed by atoms with Crippen molar-refractivity contribution in [2.75, 3.05) is 0 Å². The van der Waals surface area contributed by atoms with Crippen LogP contribution < -0.4 is 0 Å². The maximum atomic E-state index is 14.8. The van der Waals surface area contributed by atoms with Crippen molar-refractivity contribution in [2.24, 2.45) is 17.8 Å². The summed E-state index contributed by atoms with van der Waals surface area (Å²) in [6, 6.07) is 6.22. The summed E-state index contributed by atoms with van der Waals surface area (Å²) in [6.45, 7) is 4.58. The highest BCUT2D eigenvalue weighted by Crippen LogP contribution is 2.38. The number of hydrogen-bond acceptors (Lipinski definition) is 0. The first-order valence-electron chi connectivity index (χ1n) is 12.5. The highest BCUT2D eigenvalue weighted by molar-refractivity contribution is 5.27. The van der Waals surface area contributed by atoms with Crippen molar-refractivity contribution in [3.05, 3.63) is 35.1 Å². The third kappa shape index (κ3) is 6.33. The number of hydrogen-bond donors (Lipinski definition) is 0. The molecule has 28 heavy (non-hydrogen) atoms. The minimum atomic E-state index is 0.0600. The predicted octanol–water partition coefficient (Wildman–Crippen LogP) is 8.83. The molecule has 0 atom stereocenters. The van der Waals surface area contributed by atoms with Crippen LogP contribution >= 0.6 is 0 Å². The molecule has 1 aromatic carbocycles. The average Bonchev–Trinajstić information content (AvgIpc) is 2.73. The van der Waals surface area contributed by atoms with Gasteiger partial charge >= 0.3 is 0 Å². The summed E-state index contributed by atoms with van der Waals surface area (Å²) in [5.41, 5.74) is 2.21. The molecule has 2 aliphatic rings. The second kappa shape index (κ2) is 11.4. The molecule has 1 aromatic rings. The van der Waals surface area contributed by atoms with Gasteiger partial charge in [0, 0.05) is 0 Å². The zero-order valence-electron chi connectivity index (χ0n) is 18.5. The molecule has 0 saturated heterocycles. The quantitative estimate of drug-likeness (QED) is 0.397. The van der Waals surface area contributed by atoms with Crippen LogP contribution in [0, 0.1) is 23.6 Å². The van der Waals surface area contributed by atoms with E-state index in [1.165, 1.54) is 95.5 Å². The van der Waals surface area contributed by atoms with Gasteiger partial charge in [-0.3, -0.25) is 0 Å². The second-order valence-corrected chi connectivity index (χ2v) is 9.92. The lowest BCUT2D eigenvalue weighted by atomic mass is 9.76. The molecule has 0 nitrogen and oxygen atoms in total. The van der Waals surface area contributed by atoms with Crippen LogP contribution in [-0.4, -0.2) is 0 Å². The number of benzene rings is 1. The van der Waals surface area contributed by atoms with E-state index in [-0.39, 0.29) is 5.82 Å². The van der Waals surface area contributed by atoms with E-state index in [0.717, 1.165) is 29.7 Å². The molecule has 0 bridgehead atoms. The van der Waals surface area contributed by atoms with Gasteiger partial charge in [0.15, 0.2) is 0 Å². The van der Waals surface area contributed by atoms with E-state index in [0.29, 0.717) is 5.92 Å². The van der Waals surface area contributed by atoms with Crippen molar-refractivity contribution in [1.82, 2.24) is 0 Å². The van der Waals surface area contributed by atoms with Gasteiger partial charge in [0.2, 0.25) is 0 Å². The molecule has 0 aliphatic heterocycles. The first-order valence-corrected chi connectivity index (χ1v) is 12.5. The summed E-state index contributed by atoms with van der Waals surface area (Å²) in [4.78, 5) is 0. The number of halogens is 1. The molecule has 0 unspecified atom stereocenters. The molecular formula is C27H43F. The Hall–Kier alpha value is -0.850. The highest BCUT2D eigenvalue weighted by Gasteiger charge is 2.23. The lowest BCUT2D eigenvalue weighted by Crippen LogP contribution is -2.15. The average molecular weight is 387 g/mol. The number of unbranched alkanes of at least 4 members (excludes halogenated alkanes) is 1. The molecule has 0 radical (unpaired) electrons. The van der Waals surface area contributed by atoms with E-state index >= 15 is 0 Å². The Bertz CT molecular complexity index is 562. The molecule has 0 N–H and O–H groups in total. The summed E-state index contributed by atoms with van der Waals surface area (Å²) >= 11 is 0. The van der Waals surface area contributed by atoms with Crippen LogP contribution in [0.3, 0.4) is 0 Å². The Balaban J connectivity index is 1.44. The minimum absolute atomic E-state index is 0.0600. The van der Waals surface area contributed by atoms with Crippen molar-refractivity contribution in [2.45, 2.75) is 116 Å². The van der Waals surface area contributed by atoms with Crippen molar-refractivity contribution in [1.29, 1.82) is 0 Å². The van der Waals surface area contributed by atoms with Gasteiger partial charge in [-0.1, -0.05) is 83.8 Å². The molecule has 0 heterocycles. The fraction of sp³-hybridized carbons (Fsp3) is 0.778. The largest absolute Gasteiger partial charge is 0.207 e. The smallest absolute Gasteiger partial charge is 0.126 e. The van der Waals surface area contributed by atoms with Gasteiger partial charge in [-0.05, 0) is 79.4 Å². The number of rotatable bonds is 9. The van der Waals surface area contributed by atoms with E-state index in [4.69, 9.17) is 0 Å². The van der Waals surface area contributed by atoms with Crippen LogP contribution in [0.4, 0.5) is 4.39 Å². The van der Waals surface area contributed by atoms with Crippen LogP contribution in [0.2, 0.25) is 0 Å². The molecule has 1 heteroatoms. The number of aryl methyl sites for hydroxylation is 1. The maximum absolute atomic E-state index is 14.8. The summed E-state index contributed by atoms with van der Waals surface area (Å²) in [6.07, 6.45) is 19.7. The van der Waals surface area contributed by atoms with Crippen molar-refractivity contribution >= 4 is 0 Å². The first-order chi connectivity index (χ1) is 13.7. The molecule has 2 fully saturated rings. The Labute approximate surface area is 173 Å². The van der Waals surface area contributed by atoms with Gasteiger partial charge < -0.3 is 0 Å². The predicted molar refractivity (Wildman–Crippen MR) is 119 cm³/mol. The maximum Gasteiger partial charge on any atom is 0.126 e. The van der Waals surface area contributed by atoms with Gasteiger partial charge in [0.05, 0.1) is 0 Å². The third-order valence-corrected chi connectivity index (χ3v) is 7.85. The van der Waals surface area contributed by atoms with E-state index in [9.17, 15) is 4.39 Å². The monoisotopic (exact) mass is 386 g/mol. The van der Waals surface area contributed by atoms with Gasteiger partial charge in [0.25, 0.3) is 0 Å². The fourth-order valence-electron chi connectivity index (χ4n) is 5.87. The Kier molecular flexibility index (Phi) is 8.87. The summed E-state index contributed by atoms with van der Waals surface area (Å²) in [7, 11) is 0. The molecule has 3 rings (SSSR count). The Morgan fingerprint density at radius 2 is 1.36 bits per heavy atom. The SMILES string of the molecule is CCCCC1CCC(CCc2ccc(C3CCC(CCC)CC3)cc2F)CC1. The summed E-state index contributed by atoms with van der Waals surface area (Å²) < 4.78 is 14.8. The first kappa shape index (κ1) is 21.8. The van der Waals surface area contributed by atoms with Crippen LogP contribution in [-0.2, 0) is 6.42 Å². The van der Waals surface area contributed by atoms with E-state index in [1.54, 1.807) is 0 Å². The van der Waals surface area contributed by atoms with Gasteiger partial charge in [-0.15, -0.1) is 0 Å². The molecule has 0 aromatic heterocycles. The summed E-state index contributed by atoms with van der Waals surface area (Å²) in [5, 5.41) is 0. The van der Waals surface area contributed by atoms with Crippen LogP contribution in [0.1, 0.15) is 121 Å². The zero-order valence-corrected chi connectivity index (χ0v) is 18.5. The fourth-order valence-corrected chi connectivity index (χ4v) is 5.87. The Morgan fingerprint density at radius 1 is 0.750 bits per heavy atom. The second-order valence-electron chi connectivity index (χ2n) is 9.92. The third-order valence-electron chi connectivity index (χ3n) is 7.85. The lowest BCUT2D eigenvalue weighted by molar-refractivity contribution is 0.249. The zero-order chi connectivity index (χ0) is 19.8. The summed E-state index contributed by atoms with van der Waals surface area (Å²) in [5.74, 6) is 3.37. The molecular weight excluding hydrogens is 343 g/mol. The van der Waals surface area contributed by atoms with Gasteiger partial charge in [0.1, 0.15) is 5.82 Å². The highest BCUT2D eigenvalue weighted by atomic mass is 19.1. The lowest BCUT2D eigenvalue weighted by Gasteiger charge is -2.29. The van der Waals surface area contributed by atoms with Crippen LogP contribution in [0.5, 0.6) is 0 Å². The van der Waals surface area contributed by atoms with Crippen LogP contribution in [0.15, 0.2) is 18.2 Å². The van der Waals surface area contributed by atoms with Crippen molar-refractivity contribution in [3.8, 4) is 0 Å². The molecule has 158 valence electrons. The normalized spacial score (nSPS) is 28.4. The van der Waals surface area contributed by atoms with E-state index < -0.39 is 0 Å². The molecule has 0 spiro atoms. The topological polar surface area (TPSA) is 0 Å². The van der Waals surface area contributed by atoms with Crippen LogP contribution in [0.25, 0.3) is 0 Å². The van der Waals surface area contributed by atoms with Gasteiger partial charge in [-0.25, -0.2) is 4.39 Å². The van der Waals surface area contributed by atoms with Gasteiger partial charge in [-0.2, -0.15) is 0 Å². The molecule has 0 amide bonds. The molecule has 2 aliphatic carbocycles. The van der Waals surface area contributed by atoms with E-state index in [2.05, 4.69) is 26.0 Å². The van der Waals surface area contributed by atoms with Crippen molar-refractivity contribution in [3.63, 3.8) is 0 Å². The Morgan fingerprint density at radius 3 is 1.96 bits per heavy atom. The standard InChI is InChI=1S/C27H43F/c1-3-5-7-22-8-10-23(11-9-22)14-17-25-18-19-26(20-27(25)28)24-15-12-21(6-4-2)13-16-24/h18-24H,3-17H2,1-2H3.